The van der Waals surface area contributed by atoms with Gasteiger partial charge in [-0.25, -0.2) is 15.0 Å². The van der Waals surface area contributed by atoms with Gasteiger partial charge in [0.15, 0.2) is 4.34 Å². The van der Waals surface area contributed by atoms with Crippen molar-refractivity contribution in [3.8, 4) is 0 Å². The zero-order valence-electron chi connectivity index (χ0n) is 8.39. The van der Waals surface area contributed by atoms with Gasteiger partial charge in [0.25, 0.3) is 0 Å². The van der Waals surface area contributed by atoms with E-state index in [2.05, 4.69) is 15.0 Å². The summed E-state index contributed by atoms with van der Waals surface area (Å²) in [4.78, 5) is 12.5. The number of thiazole rings is 1. The minimum atomic E-state index is 0.528. The molecule has 2 heterocycles. The summed E-state index contributed by atoms with van der Waals surface area (Å²) in [6.07, 6.45) is 1.48. The number of hydrogen-bond donors (Lipinski definition) is 1. The summed E-state index contributed by atoms with van der Waals surface area (Å²) < 4.78 is 0.980. The molecule has 2 aromatic heterocycles. The second-order valence-electron chi connectivity index (χ2n) is 3.05. The number of rotatable bonds is 2. The van der Waals surface area contributed by atoms with E-state index in [0.717, 1.165) is 20.6 Å². The van der Waals surface area contributed by atoms with E-state index in [-0.39, 0.29) is 0 Å². The molecule has 78 valence electrons. The molecule has 0 amide bonds. The first-order valence-electron chi connectivity index (χ1n) is 4.34. The van der Waals surface area contributed by atoms with Crippen LogP contribution in [0.4, 0.5) is 5.82 Å². The SMILES string of the molecule is Cc1csc(Sc2ncnc(N)c2C)n1. The first-order chi connectivity index (χ1) is 7.16. The summed E-state index contributed by atoms with van der Waals surface area (Å²) in [6, 6.07) is 0. The van der Waals surface area contributed by atoms with Crippen molar-refractivity contribution in [3.05, 3.63) is 23.0 Å². The monoisotopic (exact) mass is 238 g/mol. The highest BCUT2D eigenvalue weighted by Gasteiger charge is 2.08. The number of hydrogen-bond acceptors (Lipinski definition) is 6. The van der Waals surface area contributed by atoms with Crippen LogP contribution in [0.2, 0.25) is 0 Å². The second-order valence-corrected chi connectivity index (χ2v) is 5.14. The zero-order valence-corrected chi connectivity index (χ0v) is 10.0. The lowest BCUT2D eigenvalue weighted by molar-refractivity contribution is 1.01. The maximum absolute atomic E-state index is 5.70. The van der Waals surface area contributed by atoms with Crippen LogP contribution in [0.3, 0.4) is 0 Å². The Bertz CT molecular complexity index is 481. The van der Waals surface area contributed by atoms with Gasteiger partial charge in [-0.15, -0.1) is 11.3 Å². The third-order valence-electron chi connectivity index (χ3n) is 1.86. The van der Waals surface area contributed by atoms with Crippen molar-refractivity contribution in [2.45, 2.75) is 23.2 Å². The number of anilines is 1. The van der Waals surface area contributed by atoms with E-state index in [0.29, 0.717) is 5.82 Å². The minimum absolute atomic E-state index is 0.528. The van der Waals surface area contributed by atoms with Crippen molar-refractivity contribution in [1.82, 2.24) is 15.0 Å². The lowest BCUT2D eigenvalue weighted by Gasteiger charge is -2.02. The van der Waals surface area contributed by atoms with Crippen LogP contribution in [0, 0.1) is 13.8 Å². The smallest absolute Gasteiger partial charge is 0.156 e. The molecule has 0 aromatic carbocycles. The first kappa shape index (κ1) is 10.4. The van der Waals surface area contributed by atoms with Gasteiger partial charge >= 0.3 is 0 Å². The Morgan fingerprint density at radius 2 is 2.13 bits per heavy atom. The van der Waals surface area contributed by atoms with Gasteiger partial charge in [0, 0.05) is 16.6 Å². The summed E-state index contributed by atoms with van der Waals surface area (Å²) in [5.41, 5.74) is 7.64. The predicted octanol–water partition coefficient (Wildman–Crippen LogP) is 2.28. The predicted molar refractivity (Wildman–Crippen MR) is 62.2 cm³/mol. The van der Waals surface area contributed by atoms with Crippen molar-refractivity contribution in [3.63, 3.8) is 0 Å². The second kappa shape index (κ2) is 4.16. The molecule has 0 bridgehead atoms. The number of aryl methyl sites for hydroxylation is 1. The summed E-state index contributed by atoms with van der Waals surface area (Å²) in [6.45, 7) is 3.89. The Kier molecular flexibility index (Phi) is 2.88. The number of nitrogens with two attached hydrogens (primary N) is 1. The van der Waals surface area contributed by atoms with Crippen LogP contribution < -0.4 is 5.73 Å². The summed E-state index contributed by atoms with van der Waals surface area (Å²) in [5.74, 6) is 0.528. The van der Waals surface area contributed by atoms with Crippen molar-refractivity contribution in [1.29, 1.82) is 0 Å². The number of aromatic nitrogens is 3. The molecule has 0 spiro atoms. The number of nitrogen functional groups attached to an aromatic ring is 1. The van der Waals surface area contributed by atoms with E-state index >= 15 is 0 Å². The Labute approximate surface area is 96.0 Å². The third kappa shape index (κ3) is 2.27. The Balaban J connectivity index is 2.28. The molecule has 15 heavy (non-hydrogen) atoms. The van der Waals surface area contributed by atoms with Crippen LogP contribution in [0.25, 0.3) is 0 Å². The molecular formula is C9H10N4S2. The summed E-state index contributed by atoms with van der Waals surface area (Å²) >= 11 is 3.14. The molecular weight excluding hydrogens is 228 g/mol. The molecule has 2 N–H and O–H groups in total. The van der Waals surface area contributed by atoms with Gasteiger partial charge < -0.3 is 5.73 Å². The Morgan fingerprint density at radius 3 is 2.80 bits per heavy atom. The van der Waals surface area contributed by atoms with Crippen LogP contribution in [-0.4, -0.2) is 15.0 Å². The molecule has 0 aliphatic heterocycles. The standard InChI is InChI=1S/C9H10N4S2/c1-5-3-14-9(13-5)15-8-6(2)7(10)11-4-12-8/h3-4H,1-2H3,(H2,10,11,12). The van der Waals surface area contributed by atoms with Crippen LogP contribution >= 0.6 is 23.1 Å². The van der Waals surface area contributed by atoms with Crippen molar-refractivity contribution in [2.24, 2.45) is 0 Å². The molecule has 0 fully saturated rings. The van der Waals surface area contributed by atoms with Gasteiger partial charge in [-0.2, -0.15) is 0 Å². The van der Waals surface area contributed by atoms with Crippen LogP contribution in [0.15, 0.2) is 21.1 Å². The highest BCUT2D eigenvalue weighted by atomic mass is 32.2. The van der Waals surface area contributed by atoms with Crippen LogP contribution in [-0.2, 0) is 0 Å². The molecule has 0 aliphatic carbocycles. The first-order valence-corrected chi connectivity index (χ1v) is 6.03. The van der Waals surface area contributed by atoms with E-state index < -0.39 is 0 Å². The van der Waals surface area contributed by atoms with Gasteiger partial charge in [-0.05, 0) is 25.6 Å². The van der Waals surface area contributed by atoms with Crippen LogP contribution in [0.5, 0.6) is 0 Å². The molecule has 4 nitrogen and oxygen atoms in total. The molecule has 2 aromatic rings. The number of nitrogens with zero attached hydrogens (tertiary/aromatic N) is 3. The fourth-order valence-corrected chi connectivity index (χ4v) is 2.82. The minimum Gasteiger partial charge on any atom is -0.383 e. The molecule has 0 radical (unpaired) electrons. The van der Waals surface area contributed by atoms with Gasteiger partial charge in [-0.1, -0.05) is 0 Å². The Hall–Kier alpha value is -1.14. The highest BCUT2D eigenvalue weighted by Crippen LogP contribution is 2.31. The van der Waals surface area contributed by atoms with Crippen LogP contribution in [0.1, 0.15) is 11.3 Å². The van der Waals surface area contributed by atoms with Gasteiger partial charge in [0.2, 0.25) is 0 Å². The quantitative estimate of drug-likeness (QED) is 0.813. The van der Waals surface area contributed by atoms with E-state index in [4.69, 9.17) is 5.73 Å². The van der Waals surface area contributed by atoms with E-state index in [9.17, 15) is 0 Å². The molecule has 2 rings (SSSR count). The average Bonchev–Trinajstić information content (AvgIpc) is 2.59. The van der Waals surface area contributed by atoms with Crippen molar-refractivity contribution >= 4 is 28.9 Å². The lowest BCUT2D eigenvalue weighted by atomic mass is 10.4. The summed E-state index contributed by atoms with van der Waals surface area (Å²) in [5, 5.41) is 2.89. The maximum Gasteiger partial charge on any atom is 0.156 e. The van der Waals surface area contributed by atoms with E-state index in [1.54, 1.807) is 11.3 Å². The Morgan fingerprint density at radius 1 is 1.33 bits per heavy atom. The fraction of sp³-hybridized carbons (Fsp3) is 0.222. The highest BCUT2D eigenvalue weighted by molar-refractivity contribution is 8.01. The summed E-state index contributed by atoms with van der Waals surface area (Å²) in [7, 11) is 0. The van der Waals surface area contributed by atoms with Crippen molar-refractivity contribution in [2.75, 3.05) is 5.73 Å². The molecule has 0 saturated carbocycles. The van der Waals surface area contributed by atoms with Gasteiger partial charge in [0.05, 0.1) is 0 Å². The lowest BCUT2D eigenvalue weighted by Crippen LogP contribution is -1.97. The van der Waals surface area contributed by atoms with Gasteiger partial charge in [-0.3, -0.25) is 0 Å². The topological polar surface area (TPSA) is 64.7 Å². The fourth-order valence-electron chi connectivity index (χ4n) is 1.01. The van der Waals surface area contributed by atoms with Gasteiger partial charge in [0.1, 0.15) is 17.2 Å². The average molecular weight is 238 g/mol. The van der Waals surface area contributed by atoms with Crippen molar-refractivity contribution < 1.29 is 0 Å². The van der Waals surface area contributed by atoms with E-state index in [1.165, 1.54) is 18.1 Å². The molecule has 0 saturated heterocycles. The molecule has 0 unspecified atom stereocenters. The maximum atomic E-state index is 5.70. The third-order valence-corrected chi connectivity index (χ3v) is 4.02. The zero-order chi connectivity index (χ0) is 10.8. The molecule has 6 heteroatoms. The largest absolute Gasteiger partial charge is 0.383 e. The normalized spacial score (nSPS) is 10.5. The molecule has 0 aliphatic rings. The molecule has 0 atom stereocenters. The van der Waals surface area contributed by atoms with E-state index in [1.807, 2.05) is 19.2 Å².